The molecule has 1 aliphatic rings. The van der Waals surface area contributed by atoms with Gasteiger partial charge >= 0.3 is 0 Å². The third-order valence-corrected chi connectivity index (χ3v) is 3.23. The van der Waals surface area contributed by atoms with Crippen LogP contribution in [0.25, 0.3) is 0 Å². The molecular formula is C11H20N4O. The van der Waals surface area contributed by atoms with E-state index in [1.54, 1.807) is 0 Å². The Morgan fingerprint density at radius 1 is 1.44 bits per heavy atom. The standard InChI is InChI=1S/C11H20N4O/c12-7-2-1-4-9-8-15(14-13-9)10-5-3-6-11(10)16/h8,10-11,16H,1-7,12H2. The van der Waals surface area contributed by atoms with Crippen molar-refractivity contribution < 1.29 is 5.11 Å². The molecule has 2 rings (SSSR count). The number of aryl methyl sites for hydroxylation is 1. The Balaban J connectivity index is 1.91. The van der Waals surface area contributed by atoms with Crippen LogP contribution in [0.4, 0.5) is 0 Å². The summed E-state index contributed by atoms with van der Waals surface area (Å²) in [6, 6.07) is 0.135. The third-order valence-electron chi connectivity index (χ3n) is 3.23. The molecule has 1 fully saturated rings. The van der Waals surface area contributed by atoms with Crippen LogP contribution >= 0.6 is 0 Å². The van der Waals surface area contributed by atoms with Gasteiger partial charge in [0.1, 0.15) is 0 Å². The maximum atomic E-state index is 9.76. The zero-order chi connectivity index (χ0) is 11.4. The van der Waals surface area contributed by atoms with Crippen LogP contribution in [0.1, 0.15) is 43.8 Å². The third kappa shape index (κ3) is 2.59. The molecule has 2 unspecified atom stereocenters. The summed E-state index contributed by atoms with van der Waals surface area (Å²) in [7, 11) is 0. The van der Waals surface area contributed by atoms with E-state index in [4.69, 9.17) is 5.73 Å². The van der Waals surface area contributed by atoms with E-state index < -0.39 is 0 Å². The summed E-state index contributed by atoms with van der Waals surface area (Å²) in [5.74, 6) is 0. The maximum Gasteiger partial charge on any atom is 0.0827 e. The molecular weight excluding hydrogens is 204 g/mol. The fraction of sp³-hybridized carbons (Fsp3) is 0.818. The largest absolute Gasteiger partial charge is 0.391 e. The average Bonchev–Trinajstić information content (AvgIpc) is 2.87. The zero-order valence-electron chi connectivity index (χ0n) is 9.55. The Morgan fingerprint density at radius 3 is 3.00 bits per heavy atom. The summed E-state index contributed by atoms with van der Waals surface area (Å²) in [6.45, 7) is 0.732. The first-order valence-electron chi connectivity index (χ1n) is 6.10. The summed E-state index contributed by atoms with van der Waals surface area (Å²) in [4.78, 5) is 0. The minimum absolute atomic E-state index is 0.135. The predicted octanol–water partition coefficient (Wildman–Crippen LogP) is 0.645. The highest BCUT2D eigenvalue weighted by molar-refractivity contribution is 4.95. The molecule has 0 spiro atoms. The number of aliphatic hydroxyl groups excluding tert-OH is 1. The first-order valence-corrected chi connectivity index (χ1v) is 6.10. The number of rotatable bonds is 5. The molecule has 0 saturated heterocycles. The van der Waals surface area contributed by atoms with Crippen LogP contribution in [0, 0.1) is 0 Å². The van der Waals surface area contributed by atoms with Gasteiger partial charge in [0, 0.05) is 6.20 Å². The van der Waals surface area contributed by atoms with Crippen LogP contribution in [0.3, 0.4) is 0 Å². The van der Waals surface area contributed by atoms with Crippen LogP contribution in [0.5, 0.6) is 0 Å². The Hall–Kier alpha value is -0.940. The smallest absolute Gasteiger partial charge is 0.0827 e. The Kier molecular flexibility index (Phi) is 3.90. The van der Waals surface area contributed by atoms with Crippen molar-refractivity contribution in [2.45, 2.75) is 50.7 Å². The van der Waals surface area contributed by atoms with E-state index in [2.05, 4.69) is 10.3 Å². The molecule has 0 bridgehead atoms. The van der Waals surface area contributed by atoms with Crippen LogP contribution < -0.4 is 5.73 Å². The SMILES string of the molecule is NCCCCc1cn(C2CCCC2O)nn1. The second kappa shape index (κ2) is 5.41. The Morgan fingerprint density at radius 2 is 2.31 bits per heavy atom. The second-order valence-corrected chi connectivity index (χ2v) is 4.50. The van der Waals surface area contributed by atoms with Crippen LogP contribution in [0.2, 0.25) is 0 Å². The molecule has 3 N–H and O–H groups in total. The van der Waals surface area contributed by atoms with Crippen molar-refractivity contribution in [1.82, 2.24) is 15.0 Å². The lowest BCUT2D eigenvalue weighted by molar-refractivity contribution is 0.129. The van der Waals surface area contributed by atoms with Gasteiger partial charge in [0.05, 0.1) is 17.8 Å². The van der Waals surface area contributed by atoms with E-state index >= 15 is 0 Å². The van der Waals surface area contributed by atoms with Crippen molar-refractivity contribution in [1.29, 1.82) is 0 Å². The summed E-state index contributed by atoms with van der Waals surface area (Å²) in [5.41, 5.74) is 6.45. The highest BCUT2D eigenvalue weighted by Crippen LogP contribution is 2.29. The molecule has 16 heavy (non-hydrogen) atoms. The molecule has 5 nitrogen and oxygen atoms in total. The summed E-state index contributed by atoms with van der Waals surface area (Å²) >= 11 is 0. The van der Waals surface area contributed by atoms with Crippen molar-refractivity contribution >= 4 is 0 Å². The van der Waals surface area contributed by atoms with Gasteiger partial charge in [-0.1, -0.05) is 5.21 Å². The molecule has 1 aromatic rings. The fourth-order valence-corrected chi connectivity index (χ4v) is 2.27. The van der Waals surface area contributed by atoms with Gasteiger partial charge in [-0.15, -0.1) is 5.10 Å². The van der Waals surface area contributed by atoms with E-state index in [0.29, 0.717) is 0 Å². The number of nitrogens with zero attached hydrogens (tertiary/aromatic N) is 3. The molecule has 90 valence electrons. The number of hydrogen-bond donors (Lipinski definition) is 2. The summed E-state index contributed by atoms with van der Waals surface area (Å²) < 4.78 is 1.83. The van der Waals surface area contributed by atoms with Crippen LogP contribution in [-0.4, -0.2) is 32.7 Å². The topological polar surface area (TPSA) is 77.0 Å². The highest BCUT2D eigenvalue weighted by atomic mass is 16.3. The minimum atomic E-state index is -0.251. The predicted molar refractivity (Wildman–Crippen MR) is 60.9 cm³/mol. The van der Waals surface area contributed by atoms with Crippen molar-refractivity contribution in [3.63, 3.8) is 0 Å². The molecule has 0 amide bonds. The van der Waals surface area contributed by atoms with Crippen LogP contribution in [-0.2, 0) is 6.42 Å². The number of hydrogen-bond acceptors (Lipinski definition) is 4. The van der Waals surface area contributed by atoms with Gasteiger partial charge in [-0.05, 0) is 45.1 Å². The monoisotopic (exact) mass is 224 g/mol. The molecule has 0 aromatic carbocycles. The van der Waals surface area contributed by atoms with Gasteiger partial charge in [-0.2, -0.15) is 0 Å². The van der Waals surface area contributed by atoms with Gasteiger partial charge < -0.3 is 10.8 Å². The number of unbranched alkanes of at least 4 members (excludes halogenated alkanes) is 1. The summed E-state index contributed by atoms with van der Waals surface area (Å²) in [6.07, 6.45) is 7.70. The first-order chi connectivity index (χ1) is 7.81. The van der Waals surface area contributed by atoms with Gasteiger partial charge in [0.2, 0.25) is 0 Å². The van der Waals surface area contributed by atoms with Crippen molar-refractivity contribution in [2.24, 2.45) is 5.73 Å². The van der Waals surface area contributed by atoms with Gasteiger partial charge in [0.15, 0.2) is 0 Å². The number of aliphatic hydroxyl groups is 1. The first kappa shape index (κ1) is 11.5. The van der Waals surface area contributed by atoms with E-state index in [-0.39, 0.29) is 12.1 Å². The van der Waals surface area contributed by atoms with Crippen molar-refractivity contribution in [3.05, 3.63) is 11.9 Å². The van der Waals surface area contributed by atoms with E-state index in [9.17, 15) is 5.11 Å². The maximum absolute atomic E-state index is 9.76. The highest BCUT2D eigenvalue weighted by Gasteiger charge is 2.27. The second-order valence-electron chi connectivity index (χ2n) is 4.50. The fourth-order valence-electron chi connectivity index (χ4n) is 2.27. The van der Waals surface area contributed by atoms with Crippen molar-refractivity contribution in [2.75, 3.05) is 6.54 Å². The molecule has 2 atom stereocenters. The van der Waals surface area contributed by atoms with E-state index in [1.807, 2.05) is 10.9 Å². The molecule has 1 aromatic heterocycles. The molecule has 0 radical (unpaired) electrons. The normalized spacial score (nSPS) is 25.1. The van der Waals surface area contributed by atoms with Crippen LogP contribution in [0.15, 0.2) is 6.20 Å². The average molecular weight is 224 g/mol. The molecule has 1 aliphatic carbocycles. The number of aromatic nitrogens is 3. The molecule has 0 aliphatic heterocycles. The molecule has 1 heterocycles. The molecule has 5 heteroatoms. The Labute approximate surface area is 95.6 Å². The zero-order valence-corrected chi connectivity index (χ0v) is 9.55. The molecule has 1 saturated carbocycles. The minimum Gasteiger partial charge on any atom is -0.391 e. The van der Waals surface area contributed by atoms with E-state index in [1.165, 1.54) is 0 Å². The summed E-state index contributed by atoms with van der Waals surface area (Å²) in [5, 5.41) is 18.0. The van der Waals surface area contributed by atoms with Crippen molar-refractivity contribution in [3.8, 4) is 0 Å². The van der Waals surface area contributed by atoms with Gasteiger partial charge in [0.25, 0.3) is 0 Å². The quantitative estimate of drug-likeness (QED) is 0.720. The van der Waals surface area contributed by atoms with Gasteiger partial charge in [-0.25, -0.2) is 4.68 Å². The lowest BCUT2D eigenvalue weighted by atomic mass is 10.2. The number of nitrogens with two attached hydrogens (primary N) is 1. The Bertz CT molecular complexity index is 326. The lowest BCUT2D eigenvalue weighted by Crippen LogP contribution is -2.18. The van der Waals surface area contributed by atoms with E-state index in [0.717, 1.165) is 50.8 Å². The van der Waals surface area contributed by atoms with Gasteiger partial charge in [-0.3, -0.25) is 0 Å². The lowest BCUT2D eigenvalue weighted by Gasteiger charge is -2.13.